The number of alkyl halides is 2. The zero-order chi connectivity index (χ0) is 10.2. The summed E-state index contributed by atoms with van der Waals surface area (Å²) < 4.78 is 42.2. The van der Waals surface area contributed by atoms with Crippen molar-refractivity contribution in [3.63, 3.8) is 0 Å². The zero-order valence-corrected chi connectivity index (χ0v) is 7.97. The molecule has 0 fully saturated rings. The molecule has 0 aromatic rings. The molecule has 4 nitrogen and oxygen atoms in total. The van der Waals surface area contributed by atoms with Gasteiger partial charge in [0.05, 0.1) is 26.6 Å². The Labute approximate surface area is 75.5 Å². The third kappa shape index (κ3) is 8.30. The molecular weight excluding hydrogens is 205 g/mol. The van der Waals surface area contributed by atoms with Crippen molar-refractivity contribution in [3.8, 4) is 0 Å². The molecule has 0 aliphatic heterocycles. The van der Waals surface area contributed by atoms with E-state index in [4.69, 9.17) is 0 Å². The average Bonchev–Trinajstić information content (AvgIpc) is 2.05. The second-order valence-corrected chi connectivity index (χ2v) is 3.61. The van der Waals surface area contributed by atoms with Crippen molar-refractivity contribution in [3.05, 3.63) is 0 Å². The molecule has 0 saturated heterocycles. The van der Waals surface area contributed by atoms with Crippen molar-refractivity contribution in [1.29, 1.82) is 0 Å². The van der Waals surface area contributed by atoms with E-state index in [2.05, 4.69) is 9.05 Å². The second kappa shape index (κ2) is 7.38. The molecule has 0 atom stereocenters. The van der Waals surface area contributed by atoms with E-state index >= 15 is 0 Å². The molecule has 7 heteroatoms. The lowest BCUT2D eigenvalue weighted by atomic mass is 10.5. The molecule has 0 aromatic carbocycles. The zero-order valence-electron chi connectivity index (χ0n) is 7.08. The fraction of sp³-hybridized carbons (Fsp3) is 1.00. The molecule has 13 heavy (non-hydrogen) atoms. The van der Waals surface area contributed by atoms with Gasteiger partial charge in [0, 0.05) is 0 Å². The Balaban J connectivity index is 3.49. The maximum absolute atomic E-state index is 11.5. The Bertz CT molecular complexity index is 153. The number of hydrogen-bond acceptors (Lipinski definition) is 3. The molecule has 0 saturated carbocycles. The minimum atomic E-state index is -4.34. The van der Waals surface area contributed by atoms with Crippen LogP contribution in [0, 0.1) is 0 Å². The Morgan fingerprint density at radius 3 is 1.69 bits per heavy atom. The van der Waals surface area contributed by atoms with E-state index < -0.39 is 21.2 Å². The first-order valence-corrected chi connectivity index (χ1v) is 5.30. The van der Waals surface area contributed by atoms with Crippen molar-refractivity contribution in [2.24, 2.45) is 0 Å². The molecule has 0 aliphatic carbocycles. The lowest BCUT2D eigenvalue weighted by Crippen LogP contribution is -1.98. The van der Waals surface area contributed by atoms with Gasteiger partial charge in [-0.05, 0) is 12.8 Å². The minimum absolute atomic E-state index is 0.00129. The molecule has 0 spiro atoms. The minimum Gasteiger partial charge on any atom is -0.285 e. The van der Waals surface area contributed by atoms with Crippen LogP contribution in [0.25, 0.3) is 0 Å². The first-order chi connectivity index (χ1) is 6.12. The van der Waals surface area contributed by atoms with Crippen LogP contribution in [-0.2, 0) is 18.5 Å². The van der Waals surface area contributed by atoms with Crippen molar-refractivity contribution in [2.75, 3.05) is 26.6 Å². The topological polar surface area (TPSA) is 55.4 Å². The molecule has 0 heterocycles. The summed E-state index contributed by atoms with van der Waals surface area (Å²) in [5, 5.41) is 0. The molecular formula is C6H12F2O4P. The summed E-state index contributed by atoms with van der Waals surface area (Å²) >= 11 is 0. The normalized spacial score (nSPS) is 11.9. The van der Waals surface area contributed by atoms with Crippen LogP contribution in [0.15, 0.2) is 0 Å². The Morgan fingerprint density at radius 2 is 1.38 bits per heavy atom. The molecule has 0 aromatic heterocycles. The largest absolute Gasteiger partial charge is 0.502 e. The predicted octanol–water partition coefficient (Wildman–Crippen LogP) is 2.28. The van der Waals surface area contributed by atoms with Gasteiger partial charge < -0.3 is 0 Å². The summed E-state index contributed by atoms with van der Waals surface area (Å²) in [6.45, 7) is -1.78. The van der Waals surface area contributed by atoms with Crippen molar-refractivity contribution >= 4 is 7.82 Å². The van der Waals surface area contributed by atoms with E-state index in [9.17, 15) is 18.2 Å². The SMILES string of the molecule is [O]P(=O)(OCCCF)OCCCF. The fourth-order valence-corrected chi connectivity index (χ4v) is 1.28. The maximum Gasteiger partial charge on any atom is 0.502 e. The standard InChI is InChI=1S/C6H12F2O4P/c7-3-1-5-11-13(9,10)12-6-2-4-8/h1-6H2. The van der Waals surface area contributed by atoms with Gasteiger partial charge in [0.2, 0.25) is 0 Å². The van der Waals surface area contributed by atoms with Crippen molar-refractivity contribution < 1.29 is 27.3 Å². The molecule has 0 unspecified atom stereocenters. The highest BCUT2D eigenvalue weighted by Crippen LogP contribution is 2.44. The number of halogens is 2. The Kier molecular flexibility index (Phi) is 7.36. The van der Waals surface area contributed by atoms with Gasteiger partial charge >= 0.3 is 7.82 Å². The third-order valence-corrected chi connectivity index (χ3v) is 2.05. The summed E-state index contributed by atoms with van der Waals surface area (Å²) in [7, 11) is -4.34. The van der Waals surface area contributed by atoms with Gasteiger partial charge in [-0.1, -0.05) is 0 Å². The van der Waals surface area contributed by atoms with Gasteiger partial charge in [-0.25, -0.2) is 4.57 Å². The van der Waals surface area contributed by atoms with E-state index in [1.54, 1.807) is 0 Å². The lowest BCUT2D eigenvalue weighted by Gasteiger charge is -2.08. The van der Waals surface area contributed by atoms with Crippen LogP contribution in [0.1, 0.15) is 12.8 Å². The van der Waals surface area contributed by atoms with Gasteiger partial charge in [-0.15, -0.1) is 4.89 Å². The first-order valence-electron chi connectivity index (χ1n) is 3.84. The van der Waals surface area contributed by atoms with Crippen LogP contribution in [0.2, 0.25) is 0 Å². The van der Waals surface area contributed by atoms with Gasteiger partial charge in [0.25, 0.3) is 0 Å². The molecule has 0 rings (SSSR count). The van der Waals surface area contributed by atoms with Gasteiger partial charge in [-0.2, -0.15) is 0 Å². The van der Waals surface area contributed by atoms with Gasteiger partial charge in [0.1, 0.15) is 0 Å². The summed E-state index contributed by atoms with van der Waals surface area (Å²) in [6, 6.07) is 0. The van der Waals surface area contributed by atoms with Crippen LogP contribution < -0.4 is 0 Å². The van der Waals surface area contributed by atoms with Crippen molar-refractivity contribution in [2.45, 2.75) is 12.8 Å². The summed E-state index contributed by atoms with van der Waals surface area (Å²) in [5.41, 5.74) is 0. The molecule has 0 N–H and O–H groups in total. The molecule has 0 aliphatic rings. The summed E-state index contributed by atoms with van der Waals surface area (Å²) in [4.78, 5) is 10.7. The maximum atomic E-state index is 11.5. The summed E-state index contributed by atoms with van der Waals surface area (Å²) in [6.07, 6.45) is -0.00258. The highest BCUT2D eigenvalue weighted by molar-refractivity contribution is 7.47. The third-order valence-electron chi connectivity index (χ3n) is 1.05. The highest BCUT2D eigenvalue weighted by Gasteiger charge is 2.22. The van der Waals surface area contributed by atoms with E-state index in [1.165, 1.54) is 0 Å². The van der Waals surface area contributed by atoms with Gasteiger partial charge in [0.15, 0.2) is 0 Å². The molecule has 0 bridgehead atoms. The van der Waals surface area contributed by atoms with Gasteiger partial charge in [-0.3, -0.25) is 17.8 Å². The van der Waals surface area contributed by atoms with E-state index in [-0.39, 0.29) is 26.1 Å². The Morgan fingerprint density at radius 1 is 1.00 bits per heavy atom. The van der Waals surface area contributed by atoms with Crippen LogP contribution in [0.4, 0.5) is 8.78 Å². The summed E-state index contributed by atoms with van der Waals surface area (Å²) in [5.74, 6) is 0. The second-order valence-electron chi connectivity index (χ2n) is 2.20. The van der Waals surface area contributed by atoms with Crippen LogP contribution >= 0.6 is 7.82 Å². The van der Waals surface area contributed by atoms with E-state index in [0.29, 0.717) is 0 Å². The molecule has 79 valence electrons. The lowest BCUT2D eigenvalue weighted by molar-refractivity contribution is 0.122. The smallest absolute Gasteiger partial charge is 0.285 e. The highest BCUT2D eigenvalue weighted by atomic mass is 31.2. The fourth-order valence-electron chi connectivity index (χ4n) is 0.499. The van der Waals surface area contributed by atoms with E-state index in [0.717, 1.165) is 0 Å². The van der Waals surface area contributed by atoms with Crippen LogP contribution in [0.3, 0.4) is 0 Å². The Hall–Kier alpha value is -0.0300. The number of hydrogen-bond donors (Lipinski definition) is 0. The molecule has 1 radical (unpaired) electrons. The molecule has 0 amide bonds. The predicted molar refractivity (Wildman–Crippen MR) is 41.4 cm³/mol. The monoisotopic (exact) mass is 217 g/mol. The van der Waals surface area contributed by atoms with Crippen LogP contribution in [0.5, 0.6) is 0 Å². The van der Waals surface area contributed by atoms with E-state index in [1.807, 2.05) is 0 Å². The van der Waals surface area contributed by atoms with Crippen molar-refractivity contribution in [1.82, 2.24) is 0 Å². The number of rotatable bonds is 8. The quantitative estimate of drug-likeness (QED) is 0.463. The first kappa shape index (κ1) is 13.0. The average molecular weight is 217 g/mol. The van der Waals surface area contributed by atoms with Crippen LogP contribution in [-0.4, -0.2) is 26.6 Å².